The summed E-state index contributed by atoms with van der Waals surface area (Å²) in [6.07, 6.45) is 2.23. The molecule has 0 aromatic heterocycles. The summed E-state index contributed by atoms with van der Waals surface area (Å²) in [5.74, 6) is 0. The molecule has 0 saturated carbocycles. The van der Waals surface area contributed by atoms with Crippen LogP contribution in [0.15, 0.2) is 41.4 Å². The van der Waals surface area contributed by atoms with Crippen LogP contribution in [-0.4, -0.2) is 21.7 Å². The maximum atomic E-state index is 2.40. The Kier molecular flexibility index (Phi) is 1.97. The molecule has 1 aromatic rings. The predicted molar refractivity (Wildman–Crippen MR) is 48.7 cm³/mol. The first-order chi connectivity index (χ1) is 5.47. The van der Waals surface area contributed by atoms with Crippen LogP contribution in [0.25, 0.3) is 0 Å². The van der Waals surface area contributed by atoms with Crippen molar-refractivity contribution in [3.05, 3.63) is 41.4 Å². The summed E-state index contributed by atoms with van der Waals surface area (Å²) in [4.78, 5) is 2.26. The summed E-state index contributed by atoms with van der Waals surface area (Å²) < 4.78 is 2.40. The second kappa shape index (κ2) is 3.12. The molecule has 0 saturated heterocycles. The summed E-state index contributed by atoms with van der Waals surface area (Å²) in [6.45, 7) is 1.09. The number of hydrogen-bond donors (Lipinski definition) is 0. The van der Waals surface area contributed by atoms with Crippen molar-refractivity contribution in [3.8, 4) is 0 Å². The van der Waals surface area contributed by atoms with Gasteiger partial charge in [0.05, 0.1) is 0 Å². The van der Waals surface area contributed by atoms with E-state index in [2.05, 4.69) is 45.3 Å². The van der Waals surface area contributed by atoms with Gasteiger partial charge in [-0.3, -0.25) is 0 Å². The van der Waals surface area contributed by atoms with Crippen LogP contribution in [0.2, 0.25) is 0 Å². The monoisotopic (exact) mass is 211 g/mol. The average Bonchev–Trinajstić information content (AvgIpc) is 2.58. The van der Waals surface area contributed by atoms with Gasteiger partial charge in [0.15, 0.2) is 0 Å². The topological polar surface area (TPSA) is 3.24 Å². The molecule has 2 heteroatoms. The summed E-state index contributed by atoms with van der Waals surface area (Å²) >= 11 is 0.543. The van der Waals surface area contributed by atoms with E-state index in [1.165, 1.54) is 5.69 Å². The van der Waals surface area contributed by atoms with Gasteiger partial charge in [-0.05, 0) is 0 Å². The SMILES string of the molecule is C1=C[Se]N(c2ccccc2)C1. The van der Waals surface area contributed by atoms with Crippen molar-refractivity contribution in [2.45, 2.75) is 0 Å². The van der Waals surface area contributed by atoms with Crippen LogP contribution in [-0.2, 0) is 0 Å². The Morgan fingerprint density at radius 2 is 2.00 bits per heavy atom. The Hall–Kier alpha value is -0.721. The number of hydrogen-bond acceptors (Lipinski definition) is 1. The van der Waals surface area contributed by atoms with Gasteiger partial charge in [-0.1, -0.05) is 0 Å². The van der Waals surface area contributed by atoms with Gasteiger partial charge in [0.1, 0.15) is 0 Å². The molecule has 0 unspecified atom stereocenters. The fourth-order valence-electron chi connectivity index (χ4n) is 1.06. The van der Waals surface area contributed by atoms with Gasteiger partial charge in [-0.25, -0.2) is 0 Å². The summed E-state index contributed by atoms with van der Waals surface area (Å²) in [5, 5.41) is 0. The standard InChI is InChI=1S/C9H9NSe/c1-2-5-9(6-3-1)10-7-4-8-11-10/h1-6,8H,7H2. The zero-order chi connectivity index (χ0) is 7.52. The van der Waals surface area contributed by atoms with E-state index in [1.54, 1.807) is 0 Å². The van der Waals surface area contributed by atoms with E-state index in [4.69, 9.17) is 0 Å². The fraction of sp³-hybridized carbons (Fsp3) is 0.111. The molecule has 0 radical (unpaired) electrons. The molecule has 1 heterocycles. The number of para-hydroxylation sites is 1. The Morgan fingerprint density at radius 3 is 2.64 bits per heavy atom. The Labute approximate surface area is 73.1 Å². The van der Waals surface area contributed by atoms with Crippen LogP contribution in [0.3, 0.4) is 0 Å². The molecule has 1 nitrogen and oxygen atoms in total. The van der Waals surface area contributed by atoms with Crippen LogP contribution < -0.4 is 3.92 Å². The predicted octanol–water partition coefficient (Wildman–Crippen LogP) is 1.64. The molecule has 0 aliphatic carbocycles. The molecule has 0 N–H and O–H groups in total. The number of rotatable bonds is 1. The van der Waals surface area contributed by atoms with Crippen LogP contribution in [0.4, 0.5) is 5.69 Å². The molecule has 2 rings (SSSR count). The second-order valence-corrected chi connectivity index (χ2v) is 4.31. The van der Waals surface area contributed by atoms with Gasteiger partial charge in [-0.2, -0.15) is 0 Å². The minimum atomic E-state index is 0.543. The summed E-state index contributed by atoms with van der Waals surface area (Å²) in [7, 11) is 0. The Balaban J connectivity index is 2.17. The zero-order valence-corrected chi connectivity index (χ0v) is 7.82. The molecular formula is C9H9NSe. The molecular weight excluding hydrogens is 201 g/mol. The third kappa shape index (κ3) is 1.47. The quantitative estimate of drug-likeness (QED) is 0.637. The molecule has 0 spiro atoms. The Bertz CT molecular complexity index is 248. The van der Waals surface area contributed by atoms with E-state index in [9.17, 15) is 0 Å². The van der Waals surface area contributed by atoms with E-state index < -0.39 is 0 Å². The van der Waals surface area contributed by atoms with Crippen molar-refractivity contribution in [2.75, 3.05) is 10.5 Å². The molecule has 0 bridgehead atoms. The maximum absolute atomic E-state index is 2.40. The number of anilines is 1. The Morgan fingerprint density at radius 1 is 1.18 bits per heavy atom. The third-order valence-corrected chi connectivity index (χ3v) is 3.55. The minimum absolute atomic E-state index is 0.543. The molecule has 1 aliphatic rings. The molecule has 1 aliphatic heterocycles. The van der Waals surface area contributed by atoms with E-state index in [1.807, 2.05) is 0 Å². The van der Waals surface area contributed by atoms with Gasteiger partial charge in [0.2, 0.25) is 0 Å². The summed E-state index contributed by atoms with van der Waals surface area (Å²) in [5.41, 5.74) is 1.34. The van der Waals surface area contributed by atoms with Gasteiger partial charge in [0.25, 0.3) is 0 Å². The second-order valence-electron chi connectivity index (χ2n) is 2.37. The van der Waals surface area contributed by atoms with E-state index in [0.717, 1.165) is 6.54 Å². The molecule has 56 valence electrons. The molecule has 0 fully saturated rings. The summed E-state index contributed by atoms with van der Waals surface area (Å²) in [6, 6.07) is 10.6. The number of nitrogens with zero attached hydrogens (tertiary/aromatic N) is 1. The first-order valence-electron chi connectivity index (χ1n) is 3.61. The molecule has 11 heavy (non-hydrogen) atoms. The van der Waals surface area contributed by atoms with Crippen molar-refractivity contribution in [1.29, 1.82) is 0 Å². The normalized spacial score (nSPS) is 15.8. The number of benzene rings is 1. The molecule has 1 aromatic carbocycles. The average molecular weight is 210 g/mol. The first-order valence-corrected chi connectivity index (χ1v) is 5.37. The van der Waals surface area contributed by atoms with Gasteiger partial charge in [-0.15, -0.1) is 0 Å². The first kappa shape index (κ1) is 6.96. The fourth-order valence-corrected chi connectivity index (χ4v) is 2.60. The zero-order valence-electron chi connectivity index (χ0n) is 6.10. The van der Waals surface area contributed by atoms with Crippen LogP contribution >= 0.6 is 0 Å². The van der Waals surface area contributed by atoms with Crippen molar-refractivity contribution in [1.82, 2.24) is 0 Å². The van der Waals surface area contributed by atoms with Crippen molar-refractivity contribution >= 4 is 20.9 Å². The van der Waals surface area contributed by atoms with E-state index in [-0.39, 0.29) is 0 Å². The van der Waals surface area contributed by atoms with Crippen molar-refractivity contribution in [3.63, 3.8) is 0 Å². The van der Waals surface area contributed by atoms with Crippen LogP contribution in [0.5, 0.6) is 0 Å². The van der Waals surface area contributed by atoms with Crippen molar-refractivity contribution in [2.24, 2.45) is 0 Å². The van der Waals surface area contributed by atoms with Gasteiger partial charge in [0, 0.05) is 0 Å². The molecule has 0 amide bonds. The van der Waals surface area contributed by atoms with Crippen LogP contribution in [0.1, 0.15) is 0 Å². The van der Waals surface area contributed by atoms with E-state index in [0.29, 0.717) is 15.2 Å². The van der Waals surface area contributed by atoms with Crippen LogP contribution in [0, 0.1) is 0 Å². The van der Waals surface area contributed by atoms with Crippen molar-refractivity contribution < 1.29 is 0 Å². The third-order valence-electron chi connectivity index (χ3n) is 1.60. The van der Waals surface area contributed by atoms with Gasteiger partial charge >= 0.3 is 72.7 Å². The van der Waals surface area contributed by atoms with E-state index >= 15 is 0 Å². The molecule has 0 atom stereocenters. The van der Waals surface area contributed by atoms with Gasteiger partial charge < -0.3 is 0 Å².